The molecule has 0 aliphatic heterocycles. The molecule has 0 amide bonds. The molecule has 0 saturated heterocycles. The molecule has 0 aliphatic rings. The van der Waals surface area contributed by atoms with Crippen molar-refractivity contribution < 1.29 is 1.43 Å². The molecule has 1 aromatic rings. The summed E-state index contributed by atoms with van der Waals surface area (Å²) in [4.78, 5) is 3.93. The molecule has 1 heterocycles. The summed E-state index contributed by atoms with van der Waals surface area (Å²) >= 11 is 0. The van der Waals surface area contributed by atoms with Gasteiger partial charge in [-0.15, -0.1) is 0 Å². The first-order valence-corrected chi connectivity index (χ1v) is 2.91. The van der Waals surface area contributed by atoms with E-state index >= 15 is 0 Å². The summed E-state index contributed by atoms with van der Waals surface area (Å²) in [7, 11) is 1.74. The maximum absolute atomic E-state index is 8.52. The van der Waals surface area contributed by atoms with Crippen molar-refractivity contribution in [3.05, 3.63) is 23.9 Å². The minimum absolute atomic E-state index is 0. The Morgan fingerprint density at radius 2 is 2.60 bits per heavy atom. The fraction of sp³-hybridized carbons (Fsp3) is 0.143. The standard InChI is InChI=1S/C7H7N3.H2/c1-9-7-6(5-8)3-2-4-10-7;/h2-4H,1H3,(H,9,10);1H. The smallest absolute Gasteiger partial charge is 0.143 e. The molecule has 3 nitrogen and oxygen atoms in total. The van der Waals surface area contributed by atoms with Gasteiger partial charge in [-0.25, -0.2) is 4.98 Å². The third-order valence-corrected chi connectivity index (χ3v) is 1.16. The third-order valence-electron chi connectivity index (χ3n) is 1.16. The van der Waals surface area contributed by atoms with Crippen LogP contribution in [0.3, 0.4) is 0 Å². The van der Waals surface area contributed by atoms with E-state index in [2.05, 4.69) is 10.3 Å². The van der Waals surface area contributed by atoms with Crippen LogP contribution in [0.1, 0.15) is 6.99 Å². The van der Waals surface area contributed by atoms with Gasteiger partial charge in [0, 0.05) is 14.7 Å². The topological polar surface area (TPSA) is 48.7 Å². The minimum Gasteiger partial charge on any atom is -0.372 e. The van der Waals surface area contributed by atoms with Gasteiger partial charge in [-0.05, 0) is 12.1 Å². The first kappa shape index (κ1) is 6.56. The van der Waals surface area contributed by atoms with E-state index in [0.29, 0.717) is 11.4 Å². The van der Waals surface area contributed by atoms with Crippen LogP contribution >= 0.6 is 0 Å². The van der Waals surface area contributed by atoms with Crippen molar-refractivity contribution in [1.82, 2.24) is 4.98 Å². The summed E-state index contributed by atoms with van der Waals surface area (Å²) in [6, 6.07) is 5.48. The zero-order valence-electron chi connectivity index (χ0n) is 5.63. The molecule has 10 heavy (non-hydrogen) atoms. The molecule has 1 N–H and O–H groups in total. The highest BCUT2D eigenvalue weighted by Gasteiger charge is 1.96. The van der Waals surface area contributed by atoms with Gasteiger partial charge in [0.05, 0.1) is 5.56 Å². The summed E-state index contributed by atoms with van der Waals surface area (Å²) in [6.45, 7) is 0. The minimum atomic E-state index is 0. The predicted octanol–water partition coefficient (Wildman–Crippen LogP) is 1.24. The van der Waals surface area contributed by atoms with Crippen LogP contribution in [0.25, 0.3) is 0 Å². The fourth-order valence-electron chi connectivity index (χ4n) is 0.695. The lowest BCUT2D eigenvalue weighted by Crippen LogP contribution is -1.94. The summed E-state index contributed by atoms with van der Waals surface area (Å²) < 4.78 is 0. The highest BCUT2D eigenvalue weighted by Crippen LogP contribution is 2.07. The van der Waals surface area contributed by atoms with E-state index in [1.165, 1.54) is 0 Å². The van der Waals surface area contributed by atoms with Gasteiger partial charge in [0.15, 0.2) is 0 Å². The molecule has 0 atom stereocenters. The maximum Gasteiger partial charge on any atom is 0.143 e. The van der Waals surface area contributed by atoms with E-state index in [9.17, 15) is 0 Å². The van der Waals surface area contributed by atoms with Crippen molar-refractivity contribution >= 4 is 5.82 Å². The van der Waals surface area contributed by atoms with E-state index in [1.54, 1.807) is 25.4 Å². The van der Waals surface area contributed by atoms with Gasteiger partial charge in [-0.1, -0.05) is 0 Å². The van der Waals surface area contributed by atoms with Crippen LogP contribution in [0.2, 0.25) is 0 Å². The van der Waals surface area contributed by atoms with Crippen LogP contribution in [-0.4, -0.2) is 12.0 Å². The van der Waals surface area contributed by atoms with Crippen molar-refractivity contribution in [2.75, 3.05) is 12.4 Å². The Kier molecular flexibility index (Phi) is 1.86. The van der Waals surface area contributed by atoms with Gasteiger partial charge >= 0.3 is 0 Å². The van der Waals surface area contributed by atoms with Gasteiger partial charge in [0.1, 0.15) is 11.9 Å². The van der Waals surface area contributed by atoms with E-state index < -0.39 is 0 Å². The van der Waals surface area contributed by atoms with Crippen LogP contribution in [0.15, 0.2) is 18.3 Å². The van der Waals surface area contributed by atoms with E-state index in [-0.39, 0.29) is 1.43 Å². The number of aromatic nitrogens is 1. The third kappa shape index (κ3) is 1.06. The maximum atomic E-state index is 8.52. The molecule has 52 valence electrons. The Morgan fingerprint density at radius 3 is 3.10 bits per heavy atom. The molecule has 3 heteroatoms. The van der Waals surface area contributed by atoms with Crippen LogP contribution in [0.5, 0.6) is 0 Å². The quantitative estimate of drug-likeness (QED) is 0.630. The summed E-state index contributed by atoms with van der Waals surface area (Å²) in [5.74, 6) is 0.630. The number of rotatable bonds is 1. The molecule has 1 rings (SSSR count). The number of pyridine rings is 1. The van der Waals surface area contributed by atoms with Crippen molar-refractivity contribution in [1.29, 1.82) is 5.26 Å². The molecule has 0 unspecified atom stereocenters. The number of anilines is 1. The zero-order valence-corrected chi connectivity index (χ0v) is 5.63. The number of nitrogens with one attached hydrogen (secondary N) is 1. The molecular weight excluding hydrogens is 126 g/mol. The largest absolute Gasteiger partial charge is 0.372 e. The first-order valence-electron chi connectivity index (χ1n) is 2.91. The van der Waals surface area contributed by atoms with Crippen molar-refractivity contribution in [2.45, 2.75) is 0 Å². The second-order valence-corrected chi connectivity index (χ2v) is 1.76. The van der Waals surface area contributed by atoms with Gasteiger partial charge in [0.2, 0.25) is 0 Å². The van der Waals surface area contributed by atoms with Crippen LogP contribution in [-0.2, 0) is 0 Å². The lowest BCUT2D eigenvalue weighted by atomic mass is 10.3. The van der Waals surface area contributed by atoms with Crippen LogP contribution < -0.4 is 5.32 Å². The predicted molar refractivity (Wildman–Crippen MR) is 40.6 cm³/mol. The molecule has 0 fully saturated rings. The molecule has 0 aliphatic carbocycles. The van der Waals surface area contributed by atoms with Crippen molar-refractivity contribution in [2.24, 2.45) is 0 Å². The molecule has 0 radical (unpaired) electrons. The van der Waals surface area contributed by atoms with Gasteiger partial charge in [-0.2, -0.15) is 5.26 Å². The SMILES string of the molecule is CNc1ncccc1C#N.[HH]. The van der Waals surface area contributed by atoms with Gasteiger partial charge in [0.25, 0.3) is 0 Å². The molecule has 0 bridgehead atoms. The van der Waals surface area contributed by atoms with Crippen LogP contribution in [0, 0.1) is 11.3 Å². The Balaban J connectivity index is 0.000001000. The van der Waals surface area contributed by atoms with Crippen molar-refractivity contribution in [3.8, 4) is 6.07 Å². The Labute approximate surface area is 60.8 Å². The second kappa shape index (κ2) is 2.83. The van der Waals surface area contributed by atoms with Crippen LogP contribution in [0.4, 0.5) is 5.82 Å². The Hall–Kier alpha value is -1.56. The average Bonchev–Trinajstić information content (AvgIpc) is 2.04. The number of hydrogen-bond acceptors (Lipinski definition) is 3. The second-order valence-electron chi connectivity index (χ2n) is 1.76. The summed E-state index contributed by atoms with van der Waals surface area (Å²) in [5, 5.41) is 11.3. The summed E-state index contributed by atoms with van der Waals surface area (Å²) in [5.41, 5.74) is 0.574. The van der Waals surface area contributed by atoms with E-state index in [0.717, 1.165) is 0 Å². The number of nitrogens with zero attached hydrogens (tertiary/aromatic N) is 2. The molecule has 0 aromatic carbocycles. The van der Waals surface area contributed by atoms with E-state index in [1.807, 2.05) is 6.07 Å². The zero-order chi connectivity index (χ0) is 7.40. The normalized spacial score (nSPS) is 8.40. The lowest BCUT2D eigenvalue weighted by Gasteiger charge is -1.97. The highest BCUT2D eigenvalue weighted by molar-refractivity contribution is 5.50. The Bertz CT molecular complexity index is 267. The van der Waals surface area contributed by atoms with E-state index in [4.69, 9.17) is 5.26 Å². The van der Waals surface area contributed by atoms with Crippen molar-refractivity contribution in [3.63, 3.8) is 0 Å². The summed E-state index contributed by atoms with van der Waals surface area (Å²) in [6.07, 6.45) is 1.65. The molecule has 1 aromatic heterocycles. The average molecular weight is 135 g/mol. The Morgan fingerprint density at radius 1 is 1.80 bits per heavy atom. The fourth-order valence-corrected chi connectivity index (χ4v) is 0.695. The van der Waals surface area contributed by atoms with Gasteiger partial charge in [-0.3, -0.25) is 0 Å². The molecule has 0 spiro atoms. The molecule has 0 saturated carbocycles. The molecular formula is C7H9N3. The van der Waals surface area contributed by atoms with Gasteiger partial charge < -0.3 is 5.32 Å². The highest BCUT2D eigenvalue weighted by atomic mass is 15.0. The first-order chi connectivity index (χ1) is 4.88. The lowest BCUT2D eigenvalue weighted by molar-refractivity contribution is 1.27. The number of hydrogen-bond donors (Lipinski definition) is 1. The number of nitriles is 1. The monoisotopic (exact) mass is 135 g/mol.